The second-order valence-electron chi connectivity index (χ2n) is 5.81. The van der Waals surface area contributed by atoms with Crippen LogP contribution in [0.15, 0.2) is 54.6 Å². The first-order chi connectivity index (χ1) is 11.6. The maximum Gasteiger partial charge on any atom is 0.314 e. The van der Waals surface area contributed by atoms with Gasteiger partial charge in [0.1, 0.15) is 5.75 Å². The van der Waals surface area contributed by atoms with Crippen molar-refractivity contribution in [3.8, 4) is 5.75 Å². The number of rotatable bonds is 3. The van der Waals surface area contributed by atoms with Crippen molar-refractivity contribution in [2.24, 2.45) is 5.92 Å². The Bertz CT molecular complexity index is 707. The summed E-state index contributed by atoms with van der Waals surface area (Å²) in [5.41, 5.74) is 0.615. The molecular weight excluding hydrogens is 326 g/mol. The molecule has 0 aromatic heterocycles. The topological polar surface area (TPSA) is 46.6 Å². The van der Waals surface area contributed by atoms with Crippen molar-refractivity contribution in [1.29, 1.82) is 0 Å². The Morgan fingerprint density at radius 3 is 2.21 bits per heavy atom. The molecule has 24 heavy (non-hydrogen) atoms. The number of benzene rings is 2. The van der Waals surface area contributed by atoms with Crippen LogP contribution in [0, 0.1) is 5.92 Å². The van der Waals surface area contributed by atoms with Gasteiger partial charge in [0.15, 0.2) is 0 Å². The van der Waals surface area contributed by atoms with Gasteiger partial charge in [-0.2, -0.15) is 0 Å². The maximum absolute atomic E-state index is 12.4. The standard InChI is InChI=1S/C19H18ClNO3/c20-16-8-6-14(7-9-16)18(22)21-12-10-15(11-13-21)19(23)24-17-4-2-1-3-5-17/h1-9,15H,10-13H2. The van der Waals surface area contributed by atoms with E-state index < -0.39 is 0 Å². The number of piperidine rings is 1. The molecule has 0 radical (unpaired) electrons. The van der Waals surface area contributed by atoms with Crippen LogP contribution in [0.2, 0.25) is 5.02 Å². The molecule has 1 aliphatic heterocycles. The smallest absolute Gasteiger partial charge is 0.314 e. The number of halogens is 1. The van der Waals surface area contributed by atoms with Crippen LogP contribution in [0.5, 0.6) is 5.75 Å². The number of para-hydroxylation sites is 1. The monoisotopic (exact) mass is 343 g/mol. The minimum atomic E-state index is -0.222. The van der Waals surface area contributed by atoms with Crippen LogP contribution < -0.4 is 4.74 Å². The van der Waals surface area contributed by atoms with Crippen LogP contribution in [-0.4, -0.2) is 29.9 Å². The lowest BCUT2D eigenvalue weighted by atomic mass is 9.96. The Morgan fingerprint density at radius 1 is 0.958 bits per heavy atom. The van der Waals surface area contributed by atoms with Crippen LogP contribution in [0.4, 0.5) is 0 Å². The number of hydrogen-bond acceptors (Lipinski definition) is 3. The molecule has 0 aliphatic carbocycles. The van der Waals surface area contributed by atoms with Gasteiger partial charge in [0, 0.05) is 23.7 Å². The molecule has 1 fully saturated rings. The van der Waals surface area contributed by atoms with E-state index in [-0.39, 0.29) is 17.8 Å². The molecule has 1 heterocycles. The Morgan fingerprint density at radius 2 is 1.58 bits per heavy atom. The highest BCUT2D eigenvalue weighted by Gasteiger charge is 2.29. The van der Waals surface area contributed by atoms with Gasteiger partial charge >= 0.3 is 5.97 Å². The van der Waals surface area contributed by atoms with Crippen molar-refractivity contribution in [2.75, 3.05) is 13.1 Å². The highest BCUT2D eigenvalue weighted by atomic mass is 35.5. The molecule has 124 valence electrons. The van der Waals surface area contributed by atoms with E-state index in [0.717, 1.165) is 0 Å². The van der Waals surface area contributed by atoms with Crippen molar-refractivity contribution >= 4 is 23.5 Å². The summed E-state index contributed by atoms with van der Waals surface area (Å²) in [5, 5.41) is 0.605. The van der Waals surface area contributed by atoms with Crippen molar-refractivity contribution in [3.05, 3.63) is 65.2 Å². The minimum Gasteiger partial charge on any atom is -0.426 e. The third-order valence-corrected chi connectivity index (χ3v) is 4.42. The first-order valence-corrected chi connectivity index (χ1v) is 8.33. The van der Waals surface area contributed by atoms with Gasteiger partial charge in [0.2, 0.25) is 0 Å². The molecule has 0 atom stereocenters. The predicted molar refractivity (Wildman–Crippen MR) is 92.2 cm³/mol. The number of likely N-dealkylation sites (tertiary alicyclic amines) is 1. The molecular formula is C19H18ClNO3. The molecule has 0 saturated carbocycles. The summed E-state index contributed by atoms with van der Waals surface area (Å²) < 4.78 is 5.39. The largest absolute Gasteiger partial charge is 0.426 e. The number of hydrogen-bond donors (Lipinski definition) is 0. The molecule has 2 aromatic carbocycles. The van der Waals surface area contributed by atoms with E-state index in [1.165, 1.54) is 0 Å². The van der Waals surface area contributed by atoms with Crippen LogP contribution in [-0.2, 0) is 4.79 Å². The average molecular weight is 344 g/mol. The van der Waals surface area contributed by atoms with E-state index in [2.05, 4.69) is 0 Å². The lowest BCUT2D eigenvalue weighted by Crippen LogP contribution is -2.41. The predicted octanol–water partition coefficient (Wildman–Crippen LogP) is 3.80. The molecule has 0 spiro atoms. The zero-order chi connectivity index (χ0) is 16.9. The van der Waals surface area contributed by atoms with Gasteiger partial charge in [-0.25, -0.2) is 0 Å². The zero-order valence-corrected chi connectivity index (χ0v) is 13.9. The molecule has 1 amide bonds. The van der Waals surface area contributed by atoms with Crippen LogP contribution in [0.1, 0.15) is 23.2 Å². The third kappa shape index (κ3) is 3.95. The summed E-state index contributed by atoms with van der Waals surface area (Å²) in [5.74, 6) is 0.142. The SMILES string of the molecule is O=C(Oc1ccccc1)C1CCN(C(=O)c2ccc(Cl)cc2)CC1. The lowest BCUT2D eigenvalue weighted by molar-refractivity contribution is -0.140. The Labute approximate surface area is 146 Å². The fraction of sp³-hybridized carbons (Fsp3) is 0.263. The molecule has 2 aromatic rings. The molecule has 4 nitrogen and oxygen atoms in total. The minimum absolute atomic E-state index is 0.0263. The van der Waals surface area contributed by atoms with Gasteiger partial charge in [-0.3, -0.25) is 9.59 Å². The van der Waals surface area contributed by atoms with Gasteiger partial charge in [-0.05, 0) is 49.2 Å². The molecule has 1 aliphatic rings. The normalized spacial score (nSPS) is 15.1. The Hall–Kier alpha value is -2.33. The molecule has 0 unspecified atom stereocenters. The number of nitrogens with zero attached hydrogens (tertiary/aromatic N) is 1. The first-order valence-electron chi connectivity index (χ1n) is 7.95. The van der Waals surface area contributed by atoms with E-state index in [4.69, 9.17) is 16.3 Å². The Balaban J connectivity index is 1.54. The average Bonchev–Trinajstić information content (AvgIpc) is 2.63. The van der Waals surface area contributed by atoms with Crippen molar-refractivity contribution in [1.82, 2.24) is 4.90 Å². The number of ether oxygens (including phenoxy) is 1. The second-order valence-corrected chi connectivity index (χ2v) is 6.24. The van der Waals surface area contributed by atoms with Crippen molar-refractivity contribution < 1.29 is 14.3 Å². The molecule has 1 saturated heterocycles. The van der Waals surface area contributed by atoms with Gasteiger partial charge < -0.3 is 9.64 Å². The van der Waals surface area contributed by atoms with E-state index in [1.54, 1.807) is 41.3 Å². The summed E-state index contributed by atoms with van der Waals surface area (Å²) in [7, 11) is 0. The summed E-state index contributed by atoms with van der Waals surface area (Å²) in [6.07, 6.45) is 1.23. The number of esters is 1. The lowest BCUT2D eigenvalue weighted by Gasteiger charge is -2.31. The number of carbonyl (C=O) groups is 2. The quantitative estimate of drug-likeness (QED) is 0.629. The Kier molecular flexibility index (Phi) is 5.16. The van der Waals surface area contributed by atoms with E-state index in [9.17, 15) is 9.59 Å². The van der Waals surface area contributed by atoms with Crippen molar-refractivity contribution in [2.45, 2.75) is 12.8 Å². The summed E-state index contributed by atoms with van der Waals surface area (Å²) >= 11 is 5.85. The van der Waals surface area contributed by atoms with E-state index in [0.29, 0.717) is 42.3 Å². The van der Waals surface area contributed by atoms with Gasteiger partial charge in [0.05, 0.1) is 5.92 Å². The summed E-state index contributed by atoms with van der Waals surface area (Å²) in [6, 6.07) is 15.9. The number of amides is 1. The van der Waals surface area contributed by atoms with Gasteiger partial charge in [0.25, 0.3) is 5.91 Å². The first kappa shape index (κ1) is 16.5. The molecule has 3 rings (SSSR count). The van der Waals surface area contributed by atoms with E-state index in [1.807, 2.05) is 18.2 Å². The fourth-order valence-electron chi connectivity index (χ4n) is 2.78. The molecule has 0 bridgehead atoms. The molecule has 5 heteroatoms. The third-order valence-electron chi connectivity index (χ3n) is 4.17. The summed E-state index contributed by atoms with van der Waals surface area (Å²) in [4.78, 5) is 26.4. The van der Waals surface area contributed by atoms with Gasteiger partial charge in [-0.1, -0.05) is 29.8 Å². The van der Waals surface area contributed by atoms with Gasteiger partial charge in [-0.15, -0.1) is 0 Å². The highest BCUT2D eigenvalue weighted by Crippen LogP contribution is 2.22. The fourth-order valence-corrected chi connectivity index (χ4v) is 2.91. The van der Waals surface area contributed by atoms with Crippen LogP contribution in [0.3, 0.4) is 0 Å². The second kappa shape index (κ2) is 7.49. The molecule has 0 N–H and O–H groups in total. The van der Waals surface area contributed by atoms with Crippen molar-refractivity contribution in [3.63, 3.8) is 0 Å². The van der Waals surface area contributed by atoms with Crippen LogP contribution >= 0.6 is 11.6 Å². The maximum atomic E-state index is 12.4. The summed E-state index contributed by atoms with van der Waals surface area (Å²) in [6.45, 7) is 1.10. The van der Waals surface area contributed by atoms with E-state index >= 15 is 0 Å². The highest BCUT2D eigenvalue weighted by molar-refractivity contribution is 6.30. The number of carbonyl (C=O) groups excluding carboxylic acids is 2. The van der Waals surface area contributed by atoms with Crippen LogP contribution in [0.25, 0.3) is 0 Å². The zero-order valence-electron chi connectivity index (χ0n) is 13.2.